The second-order valence-electron chi connectivity index (χ2n) is 4.46. The van der Waals surface area contributed by atoms with E-state index in [1.165, 1.54) is 12.1 Å². The molecule has 2 rings (SSSR count). The van der Waals surface area contributed by atoms with Crippen molar-refractivity contribution in [1.29, 1.82) is 0 Å². The lowest BCUT2D eigenvalue weighted by Gasteiger charge is -2.13. The molecule has 0 fully saturated rings. The van der Waals surface area contributed by atoms with Gasteiger partial charge < -0.3 is 16.2 Å². The Morgan fingerprint density at radius 3 is 2.43 bits per heavy atom. The summed E-state index contributed by atoms with van der Waals surface area (Å²) in [5, 5.41) is 12.5. The molecule has 0 aromatic heterocycles. The maximum atomic E-state index is 11.4. The molecule has 0 bridgehead atoms. The first kappa shape index (κ1) is 15.2. The van der Waals surface area contributed by atoms with Crippen LogP contribution >= 0.6 is 0 Å². The van der Waals surface area contributed by atoms with Crippen molar-refractivity contribution in [3.8, 4) is 0 Å². The van der Waals surface area contributed by atoms with Crippen molar-refractivity contribution in [2.75, 3.05) is 11.9 Å². The second-order valence-corrected chi connectivity index (χ2v) is 5.85. The van der Waals surface area contributed by atoms with Gasteiger partial charge in [-0.1, -0.05) is 24.3 Å². The summed E-state index contributed by atoms with van der Waals surface area (Å²) in [5.74, 6) is -1.14. The zero-order chi connectivity index (χ0) is 15.6. The molecule has 0 radical (unpaired) electrons. The third-order valence-corrected chi connectivity index (χ3v) is 3.90. The molecule has 0 heterocycles. The van der Waals surface area contributed by atoms with Gasteiger partial charge in [0.2, 0.25) is 0 Å². The second kappa shape index (κ2) is 5.68. The lowest BCUT2D eigenvalue weighted by molar-refractivity contribution is -0.138. The number of hydrogen-bond acceptors (Lipinski definition) is 5. The minimum Gasteiger partial charge on any atom is -0.480 e. The van der Waals surface area contributed by atoms with Crippen molar-refractivity contribution < 1.29 is 22.9 Å². The molecule has 8 heteroatoms. The highest BCUT2D eigenvalue weighted by Gasteiger charge is 2.16. The van der Waals surface area contributed by atoms with Gasteiger partial charge in [0.05, 0.1) is 0 Å². The zero-order valence-corrected chi connectivity index (χ0v) is 11.7. The van der Waals surface area contributed by atoms with Gasteiger partial charge in [0, 0.05) is 23.0 Å². The molecule has 112 valence electrons. The van der Waals surface area contributed by atoms with Crippen LogP contribution in [-0.4, -0.2) is 36.6 Å². The van der Waals surface area contributed by atoms with Crippen LogP contribution in [0.4, 0.5) is 5.69 Å². The van der Waals surface area contributed by atoms with E-state index in [0.717, 1.165) is 0 Å². The predicted octanol–water partition coefficient (Wildman–Crippen LogP) is 0.910. The molecule has 0 saturated carbocycles. The highest BCUT2D eigenvalue weighted by molar-refractivity contribution is 7.86. The van der Waals surface area contributed by atoms with Crippen LogP contribution in [0.25, 0.3) is 10.8 Å². The summed E-state index contributed by atoms with van der Waals surface area (Å²) in [4.78, 5) is 10.5. The summed E-state index contributed by atoms with van der Waals surface area (Å²) in [6.07, 6.45) is 0. The third kappa shape index (κ3) is 3.30. The van der Waals surface area contributed by atoms with E-state index in [9.17, 15) is 17.8 Å². The third-order valence-electron chi connectivity index (χ3n) is 2.99. The maximum absolute atomic E-state index is 11.4. The van der Waals surface area contributed by atoms with Crippen LogP contribution in [0.2, 0.25) is 0 Å². The maximum Gasteiger partial charge on any atom is 0.322 e. The summed E-state index contributed by atoms with van der Waals surface area (Å²) in [6, 6.07) is 8.21. The molecule has 2 aromatic carbocycles. The number of nitrogens with one attached hydrogen (secondary N) is 1. The van der Waals surface area contributed by atoms with Crippen molar-refractivity contribution in [3.05, 3.63) is 36.4 Å². The summed E-state index contributed by atoms with van der Waals surface area (Å²) in [7, 11) is -4.34. The van der Waals surface area contributed by atoms with Gasteiger partial charge in [0.15, 0.2) is 0 Å². The Balaban J connectivity index is 2.45. The van der Waals surface area contributed by atoms with Crippen molar-refractivity contribution in [3.63, 3.8) is 0 Å². The van der Waals surface area contributed by atoms with E-state index >= 15 is 0 Å². The Morgan fingerprint density at radius 2 is 1.81 bits per heavy atom. The summed E-state index contributed by atoms with van der Waals surface area (Å²) < 4.78 is 31.9. The Kier molecular flexibility index (Phi) is 4.12. The Labute approximate surface area is 121 Å². The van der Waals surface area contributed by atoms with Gasteiger partial charge >= 0.3 is 5.97 Å². The van der Waals surface area contributed by atoms with Crippen molar-refractivity contribution in [2.24, 2.45) is 5.73 Å². The minimum atomic E-state index is -4.34. The van der Waals surface area contributed by atoms with Crippen LogP contribution < -0.4 is 11.1 Å². The number of carbonyl (C=O) groups is 1. The number of anilines is 1. The molecular formula is C13H14N2O5S. The number of benzene rings is 2. The van der Waals surface area contributed by atoms with Gasteiger partial charge in [-0.05, 0) is 12.1 Å². The standard InChI is InChI=1S/C13H14N2O5S/c14-10(13(16)17)7-15-11-5-1-4-9-8(11)3-2-6-12(9)21(18,19)20/h1-6,10,15H,7,14H2,(H,16,17)(H,18,19,20). The average Bonchev–Trinajstić information content (AvgIpc) is 2.42. The number of nitrogens with two attached hydrogens (primary N) is 1. The van der Waals surface area contributed by atoms with Crippen LogP contribution in [0.3, 0.4) is 0 Å². The molecule has 2 aromatic rings. The number of carboxylic acid groups (broad SMARTS) is 1. The normalized spacial score (nSPS) is 13.0. The van der Waals surface area contributed by atoms with Crippen LogP contribution in [0.15, 0.2) is 41.3 Å². The predicted molar refractivity (Wildman–Crippen MR) is 77.9 cm³/mol. The molecule has 0 spiro atoms. The van der Waals surface area contributed by atoms with Gasteiger partial charge in [-0.25, -0.2) is 0 Å². The monoisotopic (exact) mass is 310 g/mol. The fourth-order valence-corrected chi connectivity index (χ4v) is 2.67. The number of fused-ring (bicyclic) bond motifs is 1. The van der Waals surface area contributed by atoms with E-state index in [1.54, 1.807) is 24.3 Å². The Hall–Kier alpha value is -2.16. The first-order valence-electron chi connectivity index (χ1n) is 6.02. The average molecular weight is 310 g/mol. The van der Waals surface area contributed by atoms with E-state index in [1.807, 2.05) is 0 Å². The Bertz CT molecular complexity index is 788. The Morgan fingerprint density at radius 1 is 1.19 bits per heavy atom. The summed E-state index contributed by atoms with van der Waals surface area (Å²) in [6.45, 7) is -0.00938. The number of aliphatic carboxylic acids is 1. The van der Waals surface area contributed by atoms with Crippen molar-refractivity contribution >= 4 is 32.5 Å². The highest BCUT2D eigenvalue weighted by atomic mass is 32.2. The van der Waals surface area contributed by atoms with Crippen LogP contribution in [0.5, 0.6) is 0 Å². The largest absolute Gasteiger partial charge is 0.480 e. The lowest BCUT2D eigenvalue weighted by atomic mass is 10.1. The smallest absolute Gasteiger partial charge is 0.322 e. The van der Waals surface area contributed by atoms with Gasteiger partial charge in [-0.2, -0.15) is 8.42 Å². The van der Waals surface area contributed by atoms with E-state index in [-0.39, 0.29) is 11.4 Å². The molecular weight excluding hydrogens is 296 g/mol. The fraction of sp³-hybridized carbons (Fsp3) is 0.154. The van der Waals surface area contributed by atoms with Gasteiger partial charge in [-0.3, -0.25) is 9.35 Å². The molecule has 0 saturated heterocycles. The molecule has 7 nitrogen and oxygen atoms in total. The van der Waals surface area contributed by atoms with E-state index < -0.39 is 22.1 Å². The molecule has 0 aliphatic carbocycles. The lowest BCUT2D eigenvalue weighted by Crippen LogP contribution is -2.36. The van der Waals surface area contributed by atoms with Gasteiger partial charge in [0.1, 0.15) is 10.9 Å². The molecule has 21 heavy (non-hydrogen) atoms. The molecule has 1 atom stereocenters. The summed E-state index contributed by atoms with van der Waals surface area (Å²) >= 11 is 0. The van der Waals surface area contributed by atoms with E-state index in [2.05, 4.69) is 5.32 Å². The topological polar surface area (TPSA) is 130 Å². The number of rotatable bonds is 5. The SMILES string of the molecule is NC(CNc1cccc2c(S(=O)(=O)O)cccc12)C(=O)O. The van der Waals surface area contributed by atoms with E-state index in [4.69, 9.17) is 10.8 Å². The first-order chi connectivity index (χ1) is 9.80. The van der Waals surface area contributed by atoms with Crippen molar-refractivity contribution in [2.45, 2.75) is 10.9 Å². The van der Waals surface area contributed by atoms with Gasteiger partial charge in [-0.15, -0.1) is 0 Å². The fourth-order valence-electron chi connectivity index (χ4n) is 1.97. The number of hydrogen-bond donors (Lipinski definition) is 4. The van der Waals surface area contributed by atoms with Crippen LogP contribution in [0, 0.1) is 0 Å². The zero-order valence-electron chi connectivity index (χ0n) is 10.9. The van der Waals surface area contributed by atoms with Crippen LogP contribution in [0.1, 0.15) is 0 Å². The summed E-state index contributed by atoms with van der Waals surface area (Å²) in [5.41, 5.74) is 5.95. The van der Waals surface area contributed by atoms with E-state index in [0.29, 0.717) is 16.5 Å². The molecule has 0 aliphatic rings. The molecule has 0 aliphatic heterocycles. The quantitative estimate of drug-likeness (QED) is 0.604. The minimum absolute atomic E-state index is 0.00938. The van der Waals surface area contributed by atoms with Crippen LogP contribution in [-0.2, 0) is 14.9 Å². The van der Waals surface area contributed by atoms with Crippen molar-refractivity contribution in [1.82, 2.24) is 0 Å². The molecule has 0 amide bonds. The first-order valence-corrected chi connectivity index (χ1v) is 7.46. The molecule has 1 unspecified atom stereocenters. The van der Waals surface area contributed by atoms with Gasteiger partial charge in [0.25, 0.3) is 10.1 Å². The molecule has 5 N–H and O–H groups in total. The number of carboxylic acids is 1. The highest BCUT2D eigenvalue weighted by Crippen LogP contribution is 2.28.